The fourth-order valence-electron chi connectivity index (χ4n) is 3.86. The van der Waals surface area contributed by atoms with Crippen LogP contribution in [0, 0.1) is 5.92 Å². The van der Waals surface area contributed by atoms with Crippen LogP contribution in [0.3, 0.4) is 0 Å². The molecule has 2 amide bonds. The van der Waals surface area contributed by atoms with E-state index in [9.17, 15) is 19.5 Å². The Kier molecular flexibility index (Phi) is 5.89. The summed E-state index contributed by atoms with van der Waals surface area (Å²) < 4.78 is 5.27. The maximum atomic E-state index is 13.1. The summed E-state index contributed by atoms with van der Waals surface area (Å²) in [6.45, 7) is 1.20. The lowest BCUT2D eigenvalue weighted by atomic mass is 9.97. The number of carbonyl (C=O) groups excluding carboxylic acids is 2. The molecule has 27 heavy (non-hydrogen) atoms. The van der Waals surface area contributed by atoms with Crippen LogP contribution < -0.4 is 4.74 Å². The zero-order chi connectivity index (χ0) is 19.6. The van der Waals surface area contributed by atoms with Gasteiger partial charge in [0.1, 0.15) is 11.8 Å². The lowest BCUT2D eigenvalue weighted by molar-refractivity contribution is -0.146. The Morgan fingerprint density at radius 1 is 1.19 bits per heavy atom. The van der Waals surface area contributed by atoms with Crippen LogP contribution in [-0.2, 0) is 9.59 Å². The van der Waals surface area contributed by atoms with E-state index in [0.717, 1.165) is 6.42 Å². The quantitative estimate of drug-likeness (QED) is 0.846. The van der Waals surface area contributed by atoms with E-state index in [4.69, 9.17) is 16.3 Å². The van der Waals surface area contributed by atoms with Gasteiger partial charge in [-0.3, -0.25) is 14.4 Å². The number of likely N-dealkylation sites (tertiary alicyclic amines) is 2. The monoisotopic (exact) mass is 394 g/mol. The predicted molar refractivity (Wildman–Crippen MR) is 99.0 cm³/mol. The highest BCUT2D eigenvalue weighted by atomic mass is 35.5. The number of rotatable bonds is 4. The lowest BCUT2D eigenvalue weighted by Crippen LogP contribution is -2.51. The normalized spacial score (nSPS) is 22.6. The molecule has 2 fully saturated rings. The summed E-state index contributed by atoms with van der Waals surface area (Å²) in [5.41, 5.74) is 0.326. The Morgan fingerprint density at radius 3 is 2.63 bits per heavy atom. The number of halogens is 1. The topological polar surface area (TPSA) is 87.2 Å². The van der Waals surface area contributed by atoms with Crippen molar-refractivity contribution in [3.8, 4) is 5.75 Å². The van der Waals surface area contributed by atoms with Crippen LogP contribution in [0.4, 0.5) is 0 Å². The van der Waals surface area contributed by atoms with Crippen molar-refractivity contribution in [1.82, 2.24) is 9.80 Å². The molecular weight excluding hydrogens is 372 g/mol. The molecule has 0 aromatic heterocycles. The summed E-state index contributed by atoms with van der Waals surface area (Å²) in [5.74, 6) is -1.48. The van der Waals surface area contributed by atoms with Crippen molar-refractivity contribution in [1.29, 1.82) is 0 Å². The van der Waals surface area contributed by atoms with Gasteiger partial charge in [-0.05, 0) is 43.9 Å². The van der Waals surface area contributed by atoms with Crippen LogP contribution in [0.5, 0.6) is 5.75 Å². The van der Waals surface area contributed by atoms with Gasteiger partial charge in [-0.15, -0.1) is 0 Å². The van der Waals surface area contributed by atoms with E-state index in [1.54, 1.807) is 28.0 Å². The van der Waals surface area contributed by atoms with Crippen molar-refractivity contribution >= 4 is 29.4 Å². The van der Waals surface area contributed by atoms with E-state index in [2.05, 4.69) is 0 Å². The van der Waals surface area contributed by atoms with Gasteiger partial charge in [0.05, 0.1) is 18.6 Å². The number of methoxy groups -OCH3 is 1. The number of carboxylic acid groups (broad SMARTS) is 1. The van der Waals surface area contributed by atoms with Gasteiger partial charge in [-0.2, -0.15) is 0 Å². The second kappa shape index (κ2) is 8.17. The van der Waals surface area contributed by atoms with Gasteiger partial charge in [0.15, 0.2) is 0 Å². The maximum Gasteiger partial charge on any atom is 0.308 e. The largest absolute Gasteiger partial charge is 0.496 e. The van der Waals surface area contributed by atoms with Gasteiger partial charge >= 0.3 is 5.97 Å². The van der Waals surface area contributed by atoms with Gasteiger partial charge < -0.3 is 19.6 Å². The second-order valence-electron chi connectivity index (χ2n) is 6.96. The van der Waals surface area contributed by atoms with Crippen LogP contribution in [0.25, 0.3) is 0 Å². The highest BCUT2D eigenvalue weighted by Gasteiger charge is 2.39. The molecule has 0 saturated carbocycles. The molecule has 7 nitrogen and oxygen atoms in total. The molecule has 1 aromatic rings. The van der Waals surface area contributed by atoms with Crippen molar-refractivity contribution in [2.45, 2.75) is 31.7 Å². The number of piperidine rings is 1. The molecule has 1 N–H and O–H groups in total. The van der Waals surface area contributed by atoms with Crippen LogP contribution in [-0.4, -0.2) is 65.5 Å². The van der Waals surface area contributed by atoms with E-state index in [-0.39, 0.29) is 18.4 Å². The molecule has 3 rings (SSSR count). The lowest BCUT2D eigenvalue weighted by Gasteiger charge is -2.35. The third-order valence-corrected chi connectivity index (χ3v) is 5.51. The predicted octanol–water partition coefficient (Wildman–Crippen LogP) is 2.28. The van der Waals surface area contributed by atoms with Crippen LogP contribution >= 0.6 is 11.6 Å². The van der Waals surface area contributed by atoms with Crippen molar-refractivity contribution in [3.05, 3.63) is 28.8 Å². The molecule has 2 aliphatic heterocycles. The summed E-state index contributed by atoms with van der Waals surface area (Å²) in [7, 11) is 1.48. The number of benzene rings is 1. The molecule has 2 unspecified atom stereocenters. The standard InChI is InChI=1S/C19H23ClN2O5/c1-27-16-7-6-13(20)10-14(16)17(23)22-9-3-5-15(22)18(24)21-8-2-4-12(11-21)19(25)26/h6-7,10,12,15H,2-5,8-9,11H2,1H3,(H,25,26). The van der Waals surface area contributed by atoms with Gasteiger partial charge in [0.25, 0.3) is 5.91 Å². The average Bonchev–Trinajstić information content (AvgIpc) is 3.16. The molecule has 0 bridgehead atoms. The minimum atomic E-state index is -0.879. The van der Waals surface area contributed by atoms with Crippen molar-refractivity contribution in [2.75, 3.05) is 26.7 Å². The zero-order valence-electron chi connectivity index (χ0n) is 15.2. The Balaban J connectivity index is 1.79. The van der Waals surface area contributed by atoms with Crippen LogP contribution in [0.1, 0.15) is 36.0 Å². The molecule has 8 heteroatoms. The third-order valence-electron chi connectivity index (χ3n) is 5.27. The summed E-state index contributed by atoms with van der Waals surface area (Å²) in [6.07, 6.45) is 2.53. The third kappa shape index (κ3) is 4.03. The number of nitrogens with zero attached hydrogens (tertiary/aromatic N) is 2. The minimum absolute atomic E-state index is 0.173. The molecule has 146 valence electrons. The van der Waals surface area contributed by atoms with E-state index in [0.29, 0.717) is 48.7 Å². The molecule has 0 radical (unpaired) electrons. The Hall–Kier alpha value is -2.28. The summed E-state index contributed by atoms with van der Waals surface area (Å²) in [6, 6.07) is 4.24. The first-order valence-corrected chi connectivity index (χ1v) is 9.46. The number of amides is 2. The van der Waals surface area contributed by atoms with E-state index >= 15 is 0 Å². The van der Waals surface area contributed by atoms with E-state index in [1.807, 2.05) is 0 Å². The van der Waals surface area contributed by atoms with Crippen molar-refractivity contribution in [3.63, 3.8) is 0 Å². The number of carboxylic acids is 1. The molecule has 2 saturated heterocycles. The average molecular weight is 395 g/mol. The molecular formula is C19H23ClN2O5. The Morgan fingerprint density at radius 2 is 1.93 bits per heavy atom. The molecule has 2 heterocycles. The van der Waals surface area contributed by atoms with Crippen LogP contribution in [0.2, 0.25) is 5.02 Å². The summed E-state index contributed by atoms with van der Waals surface area (Å²) in [4.78, 5) is 40.5. The first-order valence-electron chi connectivity index (χ1n) is 9.08. The number of ether oxygens (including phenoxy) is 1. The molecule has 0 aliphatic carbocycles. The number of carbonyl (C=O) groups is 3. The van der Waals surface area contributed by atoms with Gasteiger partial charge in [0, 0.05) is 24.7 Å². The van der Waals surface area contributed by atoms with Gasteiger partial charge in [-0.1, -0.05) is 11.6 Å². The summed E-state index contributed by atoms with van der Waals surface area (Å²) >= 11 is 6.03. The van der Waals surface area contributed by atoms with E-state index in [1.165, 1.54) is 7.11 Å². The highest BCUT2D eigenvalue weighted by molar-refractivity contribution is 6.31. The first kappa shape index (κ1) is 19.5. The Bertz CT molecular complexity index is 754. The molecule has 0 spiro atoms. The summed E-state index contributed by atoms with van der Waals surface area (Å²) in [5, 5.41) is 9.66. The SMILES string of the molecule is COc1ccc(Cl)cc1C(=O)N1CCCC1C(=O)N1CCCC(C(=O)O)C1. The van der Waals surface area contributed by atoms with Gasteiger partial charge in [-0.25, -0.2) is 0 Å². The minimum Gasteiger partial charge on any atom is -0.496 e. The molecule has 2 aliphatic rings. The molecule has 1 aromatic carbocycles. The fourth-order valence-corrected chi connectivity index (χ4v) is 4.03. The number of aliphatic carboxylic acids is 1. The fraction of sp³-hybridized carbons (Fsp3) is 0.526. The smallest absolute Gasteiger partial charge is 0.308 e. The van der Waals surface area contributed by atoms with Crippen LogP contribution in [0.15, 0.2) is 18.2 Å². The zero-order valence-corrected chi connectivity index (χ0v) is 15.9. The van der Waals surface area contributed by atoms with E-state index < -0.39 is 17.9 Å². The number of hydrogen-bond acceptors (Lipinski definition) is 4. The maximum absolute atomic E-state index is 13.1. The van der Waals surface area contributed by atoms with Gasteiger partial charge in [0.2, 0.25) is 5.91 Å². The van der Waals surface area contributed by atoms with Crippen molar-refractivity contribution in [2.24, 2.45) is 5.92 Å². The molecule has 2 atom stereocenters. The van der Waals surface area contributed by atoms with Crippen molar-refractivity contribution < 1.29 is 24.2 Å². The second-order valence-corrected chi connectivity index (χ2v) is 7.40. The highest BCUT2D eigenvalue weighted by Crippen LogP contribution is 2.29. The number of hydrogen-bond donors (Lipinski definition) is 1. The Labute approximate surface area is 162 Å². The first-order chi connectivity index (χ1) is 12.9.